The molecule has 0 unspecified atom stereocenters. The molecule has 0 N–H and O–H groups in total. The molecule has 0 aromatic carbocycles. The third-order valence-corrected chi connectivity index (χ3v) is 2.74. The molecular weight excluding hydrogens is 176 g/mol. The molecule has 0 amide bonds. The minimum absolute atomic E-state index is 0.105. The lowest BCUT2D eigenvalue weighted by molar-refractivity contribution is 0.490. The zero-order valence-electron chi connectivity index (χ0n) is 8.73. The van der Waals surface area contributed by atoms with Crippen molar-refractivity contribution in [1.82, 2.24) is 19.6 Å². The van der Waals surface area contributed by atoms with Gasteiger partial charge in [0.05, 0.1) is 5.69 Å². The summed E-state index contributed by atoms with van der Waals surface area (Å²) in [4.78, 5) is 4.47. The molecule has 2 rings (SSSR count). The van der Waals surface area contributed by atoms with E-state index in [2.05, 4.69) is 36.0 Å². The second-order valence-corrected chi connectivity index (χ2v) is 4.09. The van der Waals surface area contributed by atoms with Gasteiger partial charge in [-0.05, 0) is 12.5 Å². The van der Waals surface area contributed by atoms with Crippen molar-refractivity contribution in [3.8, 4) is 0 Å². The van der Waals surface area contributed by atoms with E-state index in [1.165, 1.54) is 0 Å². The van der Waals surface area contributed by atoms with Crippen LogP contribution in [0.5, 0.6) is 0 Å². The zero-order valence-corrected chi connectivity index (χ0v) is 8.73. The molecule has 74 valence electrons. The van der Waals surface area contributed by atoms with E-state index in [0.29, 0.717) is 5.78 Å². The molecule has 2 heterocycles. The minimum atomic E-state index is 0.105. The molecule has 0 aliphatic rings. The summed E-state index contributed by atoms with van der Waals surface area (Å²) in [5, 5.41) is 7.73. The molecule has 0 bridgehead atoms. The Morgan fingerprint density at radius 1 is 1.43 bits per heavy atom. The molecule has 4 heteroatoms. The molecule has 0 aliphatic carbocycles. The number of hydrogen-bond donors (Lipinski definition) is 0. The van der Waals surface area contributed by atoms with Crippen LogP contribution in [0.1, 0.15) is 32.9 Å². The highest BCUT2D eigenvalue weighted by atomic mass is 15.3. The Bertz CT molecular complexity index is 444. The van der Waals surface area contributed by atoms with E-state index < -0.39 is 0 Å². The number of hydrogen-bond acceptors (Lipinski definition) is 3. The topological polar surface area (TPSA) is 43.1 Å². The molecule has 0 radical (unpaired) electrons. The highest BCUT2D eigenvalue weighted by Gasteiger charge is 2.20. The van der Waals surface area contributed by atoms with Crippen molar-refractivity contribution in [2.75, 3.05) is 0 Å². The van der Waals surface area contributed by atoms with Gasteiger partial charge >= 0.3 is 0 Å². The summed E-state index contributed by atoms with van der Waals surface area (Å²) in [5.74, 6) is 0.670. The first kappa shape index (κ1) is 9.12. The monoisotopic (exact) mass is 190 g/mol. The SMILES string of the molecule is CCC(C)(C)c1ccn2cnnc2n1. The zero-order chi connectivity index (χ0) is 10.2. The summed E-state index contributed by atoms with van der Waals surface area (Å²) >= 11 is 0. The maximum Gasteiger partial charge on any atom is 0.255 e. The van der Waals surface area contributed by atoms with Gasteiger partial charge < -0.3 is 0 Å². The number of nitrogens with zero attached hydrogens (tertiary/aromatic N) is 4. The van der Waals surface area contributed by atoms with Crippen LogP contribution in [0.3, 0.4) is 0 Å². The molecule has 2 aromatic heterocycles. The lowest BCUT2D eigenvalue weighted by Gasteiger charge is -2.21. The van der Waals surface area contributed by atoms with Crippen LogP contribution in [-0.2, 0) is 5.41 Å². The molecule has 0 fully saturated rings. The highest BCUT2D eigenvalue weighted by molar-refractivity contribution is 5.29. The molecule has 0 spiro atoms. The third kappa shape index (κ3) is 1.36. The lowest BCUT2D eigenvalue weighted by Crippen LogP contribution is -2.17. The standard InChI is InChI=1S/C10H14N4/c1-4-10(2,3)8-5-6-14-7-11-13-9(14)12-8/h5-7H,4H2,1-3H3. The van der Waals surface area contributed by atoms with Crippen molar-refractivity contribution >= 4 is 5.78 Å². The number of aromatic nitrogens is 4. The van der Waals surface area contributed by atoms with E-state index >= 15 is 0 Å². The second kappa shape index (κ2) is 3.04. The molecule has 4 nitrogen and oxygen atoms in total. The van der Waals surface area contributed by atoms with Crippen molar-refractivity contribution < 1.29 is 0 Å². The predicted molar refractivity (Wildman–Crippen MR) is 54.1 cm³/mol. The first-order valence-corrected chi connectivity index (χ1v) is 4.80. The second-order valence-electron chi connectivity index (χ2n) is 4.09. The Morgan fingerprint density at radius 2 is 2.21 bits per heavy atom. The van der Waals surface area contributed by atoms with Crippen LogP contribution in [-0.4, -0.2) is 19.6 Å². The number of rotatable bonds is 2. The largest absolute Gasteiger partial charge is 0.273 e. The van der Waals surface area contributed by atoms with Crippen LogP contribution in [0.4, 0.5) is 0 Å². The maximum atomic E-state index is 4.47. The first-order valence-electron chi connectivity index (χ1n) is 4.80. The average Bonchev–Trinajstić information content (AvgIpc) is 2.64. The Hall–Kier alpha value is -1.45. The van der Waals surface area contributed by atoms with Crippen molar-refractivity contribution in [3.63, 3.8) is 0 Å². The Kier molecular flexibility index (Phi) is 1.98. The Labute approximate surface area is 83.0 Å². The predicted octanol–water partition coefficient (Wildman–Crippen LogP) is 1.81. The van der Waals surface area contributed by atoms with Crippen molar-refractivity contribution in [2.24, 2.45) is 0 Å². The number of fused-ring (bicyclic) bond motifs is 1. The fraction of sp³-hybridized carbons (Fsp3) is 0.500. The normalized spacial score (nSPS) is 12.2. The van der Waals surface area contributed by atoms with Crippen LogP contribution in [0.2, 0.25) is 0 Å². The summed E-state index contributed by atoms with van der Waals surface area (Å²) in [6, 6.07) is 2.03. The summed E-state index contributed by atoms with van der Waals surface area (Å²) < 4.78 is 1.81. The van der Waals surface area contributed by atoms with E-state index in [1.807, 2.05) is 16.7 Å². The third-order valence-electron chi connectivity index (χ3n) is 2.74. The summed E-state index contributed by atoms with van der Waals surface area (Å²) in [7, 11) is 0. The van der Waals surface area contributed by atoms with Crippen LogP contribution >= 0.6 is 0 Å². The molecule has 0 atom stereocenters. The van der Waals surface area contributed by atoms with Crippen LogP contribution in [0.15, 0.2) is 18.6 Å². The van der Waals surface area contributed by atoms with Crippen molar-refractivity contribution in [3.05, 3.63) is 24.3 Å². The molecule has 0 saturated carbocycles. The minimum Gasteiger partial charge on any atom is -0.273 e. The van der Waals surface area contributed by atoms with E-state index in [-0.39, 0.29) is 5.41 Å². The smallest absolute Gasteiger partial charge is 0.255 e. The van der Waals surface area contributed by atoms with Gasteiger partial charge in [-0.3, -0.25) is 4.40 Å². The van der Waals surface area contributed by atoms with Gasteiger partial charge in [0.25, 0.3) is 5.78 Å². The molecule has 2 aromatic rings. The fourth-order valence-corrected chi connectivity index (χ4v) is 1.28. The fourth-order valence-electron chi connectivity index (χ4n) is 1.28. The lowest BCUT2D eigenvalue weighted by atomic mass is 9.86. The van der Waals surface area contributed by atoms with Gasteiger partial charge in [-0.15, -0.1) is 10.2 Å². The average molecular weight is 190 g/mol. The highest BCUT2D eigenvalue weighted by Crippen LogP contribution is 2.24. The van der Waals surface area contributed by atoms with Crippen LogP contribution in [0.25, 0.3) is 5.78 Å². The van der Waals surface area contributed by atoms with E-state index in [9.17, 15) is 0 Å². The van der Waals surface area contributed by atoms with Gasteiger partial charge in [0.1, 0.15) is 6.33 Å². The van der Waals surface area contributed by atoms with Crippen molar-refractivity contribution in [1.29, 1.82) is 0 Å². The summed E-state index contributed by atoms with van der Waals surface area (Å²) in [6.07, 6.45) is 4.67. The van der Waals surface area contributed by atoms with E-state index in [4.69, 9.17) is 0 Å². The van der Waals surface area contributed by atoms with Gasteiger partial charge in [0.2, 0.25) is 0 Å². The molecular formula is C10H14N4. The van der Waals surface area contributed by atoms with Crippen LogP contribution < -0.4 is 0 Å². The summed E-state index contributed by atoms with van der Waals surface area (Å²) in [5.41, 5.74) is 1.17. The molecule has 0 saturated heterocycles. The Balaban J connectivity index is 2.53. The summed E-state index contributed by atoms with van der Waals surface area (Å²) in [6.45, 7) is 6.53. The van der Waals surface area contributed by atoms with E-state index in [0.717, 1.165) is 12.1 Å². The Morgan fingerprint density at radius 3 is 2.93 bits per heavy atom. The van der Waals surface area contributed by atoms with Gasteiger partial charge in [0.15, 0.2) is 0 Å². The van der Waals surface area contributed by atoms with Gasteiger partial charge in [-0.2, -0.15) is 0 Å². The molecule has 0 aliphatic heterocycles. The quantitative estimate of drug-likeness (QED) is 0.725. The van der Waals surface area contributed by atoms with Gasteiger partial charge in [-0.25, -0.2) is 4.98 Å². The van der Waals surface area contributed by atoms with Gasteiger partial charge in [0, 0.05) is 11.6 Å². The molecule has 14 heavy (non-hydrogen) atoms. The van der Waals surface area contributed by atoms with E-state index in [1.54, 1.807) is 6.33 Å². The maximum absolute atomic E-state index is 4.47. The van der Waals surface area contributed by atoms with Crippen molar-refractivity contribution in [2.45, 2.75) is 32.6 Å². The van der Waals surface area contributed by atoms with Gasteiger partial charge in [-0.1, -0.05) is 20.8 Å². The first-order chi connectivity index (χ1) is 6.63. The van der Waals surface area contributed by atoms with Crippen LogP contribution in [0, 0.1) is 0 Å².